The Bertz CT molecular complexity index is 342. The molecule has 1 fully saturated rings. The quantitative estimate of drug-likeness (QED) is 0.838. The molecule has 1 heterocycles. The molecule has 2 nitrogen and oxygen atoms in total. The van der Waals surface area contributed by atoms with Gasteiger partial charge in [0.15, 0.2) is 0 Å². The van der Waals surface area contributed by atoms with Crippen LogP contribution in [0.2, 0.25) is 0 Å². The van der Waals surface area contributed by atoms with Crippen LogP contribution in [0.5, 0.6) is 0 Å². The minimum Gasteiger partial charge on any atom is -0.382 e. The Morgan fingerprint density at radius 1 is 1.20 bits per heavy atom. The zero-order chi connectivity index (χ0) is 10.7. The molecule has 1 aromatic rings. The van der Waals surface area contributed by atoms with Crippen LogP contribution in [0.1, 0.15) is 12.8 Å². The van der Waals surface area contributed by atoms with E-state index in [1.54, 1.807) is 12.1 Å². The predicted octanol–water partition coefficient (Wildman–Crippen LogP) is 2.15. The number of nitrogens with one attached hydrogen (secondary N) is 1. The van der Waals surface area contributed by atoms with Crippen LogP contribution in [-0.4, -0.2) is 21.8 Å². The molecule has 2 rings (SSSR count). The van der Waals surface area contributed by atoms with Crippen molar-refractivity contribution in [3.63, 3.8) is 0 Å². The van der Waals surface area contributed by atoms with Crippen molar-refractivity contribution in [2.24, 2.45) is 0 Å². The van der Waals surface area contributed by atoms with E-state index in [1.807, 2.05) is 0 Å². The Morgan fingerprint density at radius 3 is 2.40 bits per heavy atom. The first-order valence-corrected chi connectivity index (χ1v) is 6.60. The van der Waals surface area contributed by atoms with Gasteiger partial charge in [0.1, 0.15) is 5.82 Å². The van der Waals surface area contributed by atoms with Gasteiger partial charge in [-0.05, 0) is 37.1 Å². The van der Waals surface area contributed by atoms with Crippen molar-refractivity contribution in [1.82, 2.24) is 0 Å². The zero-order valence-corrected chi connectivity index (χ0v) is 9.23. The standard InChI is InChI=1S/C11H14FNOS/c12-9-1-3-10(4-2-9)13-11-5-7-15(14)8-6-11/h1-4,11,13H,5-8H2. The van der Waals surface area contributed by atoms with Gasteiger partial charge in [0.05, 0.1) is 0 Å². The molecule has 1 aliphatic heterocycles. The van der Waals surface area contributed by atoms with Gasteiger partial charge >= 0.3 is 0 Å². The summed E-state index contributed by atoms with van der Waals surface area (Å²) in [5, 5.41) is 3.33. The van der Waals surface area contributed by atoms with E-state index in [0.29, 0.717) is 6.04 Å². The highest BCUT2D eigenvalue weighted by molar-refractivity contribution is 7.85. The normalized spacial score (nSPS) is 26.2. The van der Waals surface area contributed by atoms with Crippen molar-refractivity contribution in [2.45, 2.75) is 18.9 Å². The third-order valence-electron chi connectivity index (χ3n) is 2.60. The van der Waals surface area contributed by atoms with Crippen molar-refractivity contribution in [2.75, 3.05) is 16.8 Å². The van der Waals surface area contributed by atoms with Gasteiger partial charge < -0.3 is 5.32 Å². The van der Waals surface area contributed by atoms with E-state index < -0.39 is 10.8 Å². The van der Waals surface area contributed by atoms with E-state index in [0.717, 1.165) is 30.0 Å². The number of benzene rings is 1. The molecule has 0 unspecified atom stereocenters. The molecule has 0 amide bonds. The van der Waals surface area contributed by atoms with E-state index >= 15 is 0 Å². The molecule has 1 aromatic carbocycles. The second kappa shape index (κ2) is 4.75. The Labute approximate surface area is 91.3 Å². The van der Waals surface area contributed by atoms with Crippen molar-refractivity contribution >= 4 is 16.5 Å². The summed E-state index contributed by atoms with van der Waals surface area (Å²) < 4.78 is 23.8. The van der Waals surface area contributed by atoms with Crippen LogP contribution in [0.4, 0.5) is 10.1 Å². The van der Waals surface area contributed by atoms with Crippen LogP contribution in [-0.2, 0) is 10.8 Å². The Balaban J connectivity index is 1.91. The third kappa shape index (κ3) is 3.02. The highest BCUT2D eigenvalue weighted by atomic mass is 32.2. The van der Waals surface area contributed by atoms with E-state index in [9.17, 15) is 8.60 Å². The zero-order valence-electron chi connectivity index (χ0n) is 8.41. The average molecular weight is 227 g/mol. The molecule has 0 spiro atoms. The number of rotatable bonds is 2. The summed E-state index contributed by atoms with van der Waals surface area (Å²) in [5.74, 6) is 1.34. The fourth-order valence-corrected chi connectivity index (χ4v) is 3.02. The van der Waals surface area contributed by atoms with Crippen LogP contribution in [0.15, 0.2) is 24.3 Å². The van der Waals surface area contributed by atoms with E-state index in [4.69, 9.17) is 0 Å². The summed E-state index contributed by atoms with van der Waals surface area (Å²) in [4.78, 5) is 0. The maximum Gasteiger partial charge on any atom is 0.123 e. The summed E-state index contributed by atoms with van der Waals surface area (Å²) in [7, 11) is -0.623. The molecule has 1 N–H and O–H groups in total. The lowest BCUT2D eigenvalue weighted by Gasteiger charge is -2.23. The van der Waals surface area contributed by atoms with Gasteiger partial charge in [-0.1, -0.05) is 0 Å². The topological polar surface area (TPSA) is 29.1 Å². The molecular formula is C11H14FNOS. The summed E-state index contributed by atoms with van der Waals surface area (Å²) in [6, 6.07) is 6.75. The van der Waals surface area contributed by atoms with E-state index in [-0.39, 0.29) is 5.82 Å². The Kier molecular flexibility index (Phi) is 3.36. The first-order valence-electron chi connectivity index (χ1n) is 5.11. The molecule has 82 valence electrons. The van der Waals surface area contributed by atoms with Gasteiger partial charge in [0.25, 0.3) is 0 Å². The number of hydrogen-bond acceptors (Lipinski definition) is 2. The minimum absolute atomic E-state index is 0.217. The van der Waals surface area contributed by atoms with Gasteiger partial charge in [0.2, 0.25) is 0 Å². The summed E-state index contributed by atoms with van der Waals surface area (Å²) in [6.07, 6.45) is 1.87. The van der Waals surface area contributed by atoms with E-state index in [1.165, 1.54) is 12.1 Å². The molecule has 0 bridgehead atoms. The monoisotopic (exact) mass is 227 g/mol. The second-order valence-electron chi connectivity index (χ2n) is 3.77. The fourth-order valence-electron chi connectivity index (χ4n) is 1.72. The summed E-state index contributed by atoms with van der Waals surface area (Å²) >= 11 is 0. The molecule has 0 saturated carbocycles. The maximum atomic E-state index is 12.6. The molecule has 4 heteroatoms. The van der Waals surface area contributed by atoms with Gasteiger partial charge in [-0.2, -0.15) is 0 Å². The number of halogens is 1. The highest BCUT2D eigenvalue weighted by Crippen LogP contribution is 2.16. The van der Waals surface area contributed by atoms with Crippen LogP contribution >= 0.6 is 0 Å². The Hall–Kier alpha value is -0.900. The first-order chi connectivity index (χ1) is 7.24. The third-order valence-corrected chi connectivity index (χ3v) is 3.99. The number of hydrogen-bond donors (Lipinski definition) is 1. The lowest BCUT2D eigenvalue weighted by atomic mass is 10.1. The molecule has 0 aliphatic carbocycles. The van der Waals surface area contributed by atoms with Crippen molar-refractivity contribution in [3.8, 4) is 0 Å². The van der Waals surface area contributed by atoms with Gasteiger partial charge in [-0.3, -0.25) is 4.21 Å². The first kappa shape index (κ1) is 10.6. The van der Waals surface area contributed by atoms with Crippen LogP contribution in [0, 0.1) is 5.82 Å². The minimum atomic E-state index is -0.623. The molecule has 0 atom stereocenters. The van der Waals surface area contributed by atoms with Crippen LogP contribution in [0.25, 0.3) is 0 Å². The Morgan fingerprint density at radius 2 is 1.80 bits per heavy atom. The SMILES string of the molecule is O=S1CCC(Nc2ccc(F)cc2)CC1. The smallest absolute Gasteiger partial charge is 0.123 e. The lowest BCUT2D eigenvalue weighted by Crippen LogP contribution is -2.29. The number of anilines is 1. The van der Waals surface area contributed by atoms with Crippen molar-refractivity contribution in [3.05, 3.63) is 30.1 Å². The molecule has 0 radical (unpaired) electrons. The molecule has 1 saturated heterocycles. The molecule has 0 aromatic heterocycles. The molecular weight excluding hydrogens is 213 g/mol. The molecule has 15 heavy (non-hydrogen) atoms. The largest absolute Gasteiger partial charge is 0.382 e. The summed E-state index contributed by atoms with van der Waals surface area (Å²) in [5.41, 5.74) is 0.939. The van der Waals surface area contributed by atoms with E-state index in [2.05, 4.69) is 5.32 Å². The van der Waals surface area contributed by atoms with Gasteiger partial charge in [-0.25, -0.2) is 4.39 Å². The van der Waals surface area contributed by atoms with Gasteiger partial charge in [0, 0.05) is 34.0 Å². The average Bonchev–Trinajstić information content (AvgIpc) is 2.25. The van der Waals surface area contributed by atoms with Crippen LogP contribution in [0.3, 0.4) is 0 Å². The molecule has 1 aliphatic rings. The van der Waals surface area contributed by atoms with Crippen molar-refractivity contribution < 1.29 is 8.60 Å². The lowest BCUT2D eigenvalue weighted by molar-refractivity contribution is 0.621. The van der Waals surface area contributed by atoms with Crippen LogP contribution < -0.4 is 5.32 Å². The maximum absolute atomic E-state index is 12.6. The van der Waals surface area contributed by atoms with Crippen molar-refractivity contribution in [1.29, 1.82) is 0 Å². The predicted molar refractivity (Wildman–Crippen MR) is 60.9 cm³/mol. The fraction of sp³-hybridized carbons (Fsp3) is 0.455. The summed E-state index contributed by atoms with van der Waals surface area (Å²) in [6.45, 7) is 0. The highest BCUT2D eigenvalue weighted by Gasteiger charge is 2.17. The van der Waals surface area contributed by atoms with Gasteiger partial charge in [-0.15, -0.1) is 0 Å². The second-order valence-corrected chi connectivity index (χ2v) is 5.47.